The highest BCUT2D eigenvalue weighted by atomic mass is 16.5. The largest absolute Gasteiger partial charge is 0.493 e. The molecule has 0 bridgehead atoms. The molecule has 3 heterocycles. The number of ether oxygens (including phenoxy) is 1. The number of carbonyl (C=O) groups is 2. The van der Waals surface area contributed by atoms with E-state index >= 15 is 0 Å². The van der Waals surface area contributed by atoms with Crippen LogP contribution in [0.25, 0.3) is 5.57 Å². The third-order valence-corrected chi connectivity index (χ3v) is 6.15. The standard InChI is InChI=1S/C27H33N3O3/c1-18(2)17-33-23-7-5-22(6-8-23)24-25(29-14-19(3)13-20(4)15-29)27(32)30(26(24)31)16-21-9-11-28-12-10-21/h5-12,18-20H,13-17H2,1-4H3. The van der Waals surface area contributed by atoms with E-state index < -0.39 is 0 Å². The summed E-state index contributed by atoms with van der Waals surface area (Å²) in [7, 11) is 0. The molecular formula is C27H33N3O3. The van der Waals surface area contributed by atoms with Crippen LogP contribution in [-0.4, -0.2) is 46.3 Å². The molecule has 2 atom stereocenters. The fourth-order valence-corrected chi connectivity index (χ4v) is 4.76. The highest BCUT2D eigenvalue weighted by molar-refractivity contribution is 6.35. The molecule has 2 amide bonds. The molecule has 6 nitrogen and oxygen atoms in total. The molecule has 2 aliphatic rings. The minimum absolute atomic E-state index is 0.215. The second kappa shape index (κ2) is 9.77. The van der Waals surface area contributed by atoms with Crippen LogP contribution < -0.4 is 4.74 Å². The summed E-state index contributed by atoms with van der Waals surface area (Å²) in [5.74, 6) is 1.66. The Hall–Kier alpha value is -3.15. The molecule has 2 unspecified atom stereocenters. The number of pyridine rings is 1. The average Bonchev–Trinajstić information content (AvgIpc) is 3.03. The van der Waals surface area contributed by atoms with Gasteiger partial charge in [0.1, 0.15) is 11.4 Å². The van der Waals surface area contributed by atoms with Crippen molar-refractivity contribution in [3.05, 3.63) is 65.6 Å². The smallest absolute Gasteiger partial charge is 0.278 e. The van der Waals surface area contributed by atoms with Gasteiger partial charge >= 0.3 is 0 Å². The van der Waals surface area contributed by atoms with Crippen molar-refractivity contribution in [2.24, 2.45) is 17.8 Å². The SMILES string of the molecule is CC(C)COc1ccc(C2=C(N3CC(C)CC(C)C3)C(=O)N(Cc3ccncc3)C2=O)cc1. The van der Waals surface area contributed by atoms with E-state index in [1.807, 2.05) is 36.4 Å². The molecule has 174 valence electrons. The Morgan fingerprint density at radius 1 is 0.970 bits per heavy atom. The molecule has 1 aromatic carbocycles. The van der Waals surface area contributed by atoms with Gasteiger partial charge in [-0.25, -0.2) is 0 Å². The Bertz CT molecular complexity index is 1020. The number of imide groups is 1. The molecule has 2 aliphatic heterocycles. The Morgan fingerprint density at radius 3 is 2.21 bits per heavy atom. The number of benzene rings is 1. The summed E-state index contributed by atoms with van der Waals surface area (Å²) in [5, 5.41) is 0. The zero-order chi connectivity index (χ0) is 23.5. The van der Waals surface area contributed by atoms with Gasteiger partial charge in [-0.1, -0.05) is 39.8 Å². The number of aromatic nitrogens is 1. The molecule has 0 N–H and O–H groups in total. The van der Waals surface area contributed by atoms with E-state index in [-0.39, 0.29) is 18.4 Å². The van der Waals surface area contributed by atoms with Gasteiger partial charge in [-0.05, 0) is 59.6 Å². The number of likely N-dealkylation sites (tertiary alicyclic amines) is 1. The van der Waals surface area contributed by atoms with Crippen molar-refractivity contribution in [1.82, 2.24) is 14.8 Å². The van der Waals surface area contributed by atoms with Crippen LogP contribution >= 0.6 is 0 Å². The predicted octanol–water partition coefficient (Wildman–Crippen LogP) is 4.37. The maximum Gasteiger partial charge on any atom is 0.278 e. The Kier molecular flexibility index (Phi) is 6.82. The van der Waals surface area contributed by atoms with Crippen LogP contribution in [0.15, 0.2) is 54.5 Å². The molecule has 0 spiro atoms. The highest BCUT2D eigenvalue weighted by Gasteiger charge is 2.42. The molecular weight excluding hydrogens is 414 g/mol. The van der Waals surface area contributed by atoms with Crippen molar-refractivity contribution >= 4 is 17.4 Å². The molecule has 1 fully saturated rings. The molecule has 0 saturated carbocycles. The maximum absolute atomic E-state index is 13.6. The number of carbonyl (C=O) groups excluding carboxylic acids is 2. The van der Waals surface area contributed by atoms with Crippen LogP contribution in [0, 0.1) is 17.8 Å². The number of rotatable bonds is 7. The van der Waals surface area contributed by atoms with E-state index in [1.54, 1.807) is 12.4 Å². The van der Waals surface area contributed by atoms with Crippen molar-refractivity contribution in [3.8, 4) is 5.75 Å². The Morgan fingerprint density at radius 2 is 1.61 bits per heavy atom. The molecule has 0 radical (unpaired) electrons. The monoisotopic (exact) mass is 447 g/mol. The van der Waals surface area contributed by atoms with Gasteiger partial charge in [0.15, 0.2) is 0 Å². The minimum atomic E-state index is -0.242. The van der Waals surface area contributed by atoms with Crippen LogP contribution in [0.3, 0.4) is 0 Å². The lowest BCUT2D eigenvalue weighted by atomic mass is 9.91. The first-order valence-electron chi connectivity index (χ1n) is 11.8. The number of nitrogens with zero attached hydrogens (tertiary/aromatic N) is 3. The summed E-state index contributed by atoms with van der Waals surface area (Å²) in [6.07, 6.45) is 4.49. The van der Waals surface area contributed by atoms with Gasteiger partial charge in [-0.3, -0.25) is 19.5 Å². The summed E-state index contributed by atoms with van der Waals surface area (Å²) >= 11 is 0. The zero-order valence-electron chi connectivity index (χ0n) is 20.0. The van der Waals surface area contributed by atoms with Crippen LogP contribution in [0.1, 0.15) is 45.2 Å². The van der Waals surface area contributed by atoms with Gasteiger partial charge in [-0.15, -0.1) is 0 Å². The van der Waals surface area contributed by atoms with Gasteiger partial charge in [0.2, 0.25) is 0 Å². The van der Waals surface area contributed by atoms with Crippen molar-refractivity contribution in [1.29, 1.82) is 0 Å². The second-order valence-corrected chi connectivity index (χ2v) is 9.86. The summed E-state index contributed by atoms with van der Waals surface area (Å²) in [4.78, 5) is 34.8. The lowest BCUT2D eigenvalue weighted by molar-refractivity contribution is -0.138. The van der Waals surface area contributed by atoms with Crippen LogP contribution in [0.2, 0.25) is 0 Å². The lowest BCUT2D eigenvalue weighted by Crippen LogP contribution is -2.41. The highest BCUT2D eigenvalue weighted by Crippen LogP contribution is 2.36. The Balaban J connectivity index is 1.69. The molecule has 6 heteroatoms. The molecule has 1 saturated heterocycles. The number of amides is 2. The van der Waals surface area contributed by atoms with E-state index in [4.69, 9.17) is 4.74 Å². The molecule has 4 rings (SSSR count). The zero-order valence-corrected chi connectivity index (χ0v) is 20.0. The summed E-state index contributed by atoms with van der Waals surface area (Å²) < 4.78 is 5.81. The Labute approximate surface area is 196 Å². The summed E-state index contributed by atoms with van der Waals surface area (Å²) in [5.41, 5.74) is 2.66. The van der Waals surface area contributed by atoms with E-state index in [9.17, 15) is 9.59 Å². The van der Waals surface area contributed by atoms with E-state index in [0.29, 0.717) is 35.6 Å². The van der Waals surface area contributed by atoms with Gasteiger partial charge in [0.05, 0.1) is 18.7 Å². The lowest BCUT2D eigenvalue weighted by Gasteiger charge is -2.37. The van der Waals surface area contributed by atoms with Gasteiger partial charge < -0.3 is 9.64 Å². The van der Waals surface area contributed by atoms with Gasteiger partial charge in [0, 0.05) is 25.5 Å². The van der Waals surface area contributed by atoms with E-state index in [0.717, 1.165) is 36.4 Å². The van der Waals surface area contributed by atoms with E-state index in [1.165, 1.54) is 4.90 Å². The first-order chi connectivity index (χ1) is 15.8. The third kappa shape index (κ3) is 5.10. The summed E-state index contributed by atoms with van der Waals surface area (Å²) in [6.45, 7) is 11.1. The van der Waals surface area contributed by atoms with E-state index in [2.05, 4.69) is 37.6 Å². The van der Waals surface area contributed by atoms with Crippen molar-refractivity contribution in [2.45, 2.75) is 40.7 Å². The minimum Gasteiger partial charge on any atom is -0.493 e. The first-order valence-corrected chi connectivity index (χ1v) is 11.8. The third-order valence-electron chi connectivity index (χ3n) is 6.15. The quantitative estimate of drug-likeness (QED) is 0.590. The van der Waals surface area contributed by atoms with Gasteiger partial charge in [-0.2, -0.15) is 0 Å². The molecule has 33 heavy (non-hydrogen) atoms. The van der Waals surface area contributed by atoms with Crippen molar-refractivity contribution in [2.75, 3.05) is 19.7 Å². The predicted molar refractivity (Wildman–Crippen MR) is 128 cm³/mol. The summed E-state index contributed by atoms with van der Waals surface area (Å²) in [6, 6.07) is 11.2. The van der Waals surface area contributed by atoms with Crippen LogP contribution in [-0.2, 0) is 16.1 Å². The fraction of sp³-hybridized carbons (Fsp3) is 0.444. The molecule has 0 aliphatic carbocycles. The number of hydrogen-bond donors (Lipinski definition) is 0. The normalized spacial score (nSPS) is 21.4. The van der Waals surface area contributed by atoms with Crippen molar-refractivity contribution < 1.29 is 14.3 Å². The maximum atomic E-state index is 13.6. The van der Waals surface area contributed by atoms with Crippen LogP contribution in [0.5, 0.6) is 5.75 Å². The first kappa shape index (κ1) is 23.0. The van der Waals surface area contributed by atoms with Crippen molar-refractivity contribution in [3.63, 3.8) is 0 Å². The van der Waals surface area contributed by atoms with Gasteiger partial charge in [0.25, 0.3) is 11.8 Å². The number of hydrogen-bond acceptors (Lipinski definition) is 5. The molecule has 1 aromatic heterocycles. The number of piperidine rings is 1. The average molecular weight is 448 g/mol. The second-order valence-electron chi connectivity index (χ2n) is 9.86. The topological polar surface area (TPSA) is 62.7 Å². The molecule has 2 aromatic rings. The fourth-order valence-electron chi connectivity index (χ4n) is 4.76. The van der Waals surface area contributed by atoms with Crippen LogP contribution in [0.4, 0.5) is 0 Å².